The summed E-state index contributed by atoms with van der Waals surface area (Å²) in [6.45, 7) is 10.4. The van der Waals surface area contributed by atoms with E-state index in [4.69, 9.17) is 4.74 Å². The van der Waals surface area contributed by atoms with Crippen LogP contribution in [-0.4, -0.2) is 49.8 Å². The van der Waals surface area contributed by atoms with Gasteiger partial charge in [0.25, 0.3) is 0 Å². The molecule has 3 atom stereocenters. The minimum Gasteiger partial charge on any atom is -0.378 e. The number of ether oxygens (including phenoxy) is 1. The first-order valence-corrected chi connectivity index (χ1v) is 7.36. The summed E-state index contributed by atoms with van der Waals surface area (Å²) in [6.07, 6.45) is 5.55. The van der Waals surface area contributed by atoms with Crippen LogP contribution in [0.1, 0.15) is 39.5 Å². The fourth-order valence-corrected chi connectivity index (χ4v) is 3.15. The van der Waals surface area contributed by atoms with Gasteiger partial charge < -0.3 is 10.1 Å². The van der Waals surface area contributed by atoms with Crippen molar-refractivity contribution in [1.82, 2.24) is 10.2 Å². The number of rotatable bonds is 5. The molecule has 2 fully saturated rings. The highest BCUT2D eigenvalue weighted by atomic mass is 16.5. The molecular weight excluding hydrogens is 212 g/mol. The van der Waals surface area contributed by atoms with Crippen molar-refractivity contribution >= 4 is 0 Å². The molecule has 1 N–H and O–H groups in total. The fraction of sp³-hybridized carbons (Fsp3) is 1.00. The van der Waals surface area contributed by atoms with E-state index in [2.05, 4.69) is 24.1 Å². The lowest BCUT2D eigenvalue weighted by Gasteiger charge is -2.34. The van der Waals surface area contributed by atoms with Crippen molar-refractivity contribution in [3.05, 3.63) is 0 Å². The first-order chi connectivity index (χ1) is 8.29. The van der Waals surface area contributed by atoms with Crippen molar-refractivity contribution in [2.45, 2.75) is 51.7 Å². The Hall–Kier alpha value is -0.120. The SMILES string of the molecule is CCCNCC1CCN(C2CCOC(C)C2)C1. The summed E-state index contributed by atoms with van der Waals surface area (Å²) >= 11 is 0. The second-order valence-electron chi connectivity index (χ2n) is 5.71. The Bertz CT molecular complexity index is 222. The van der Waals surface area contributed by atoms with E-state index >= 15 is 0 Å². The van der Waals surface area contributed by atoms with Crippen LogP contribution in [0.25, 0.3) is 0 Å². The second kappa shape index (κ2) is 6.72. The molecule has 2 heterocycles. The van der Waals surface area contributed by atoms with Gasteiger partial charge in [-0.05, 0) is 58.2 Å². The van der Waals surface area contributed by atoms with Crippen molar-refractivity contribution in [3.8, 4) is 0 Å². The quantitative estimate of drug-likeness (QED) is 0.743. The predicted octanol–water partition coefficient (Wildman–Crippen LogP) is 1.88. The molecule has 0 radical (unpaired) electrons. The van der Waals surface area contributed by atoms with Gasteiger partial charge in [0, 0.05) is 19.2 Å². The largest absolute Gasteiger partial charge is 0.378 e. The molecule has 17 heavy (non-hydrogen) atoms. The Balaban J connectivity index is 1.69. The number of nitrogens with zero attached hydrogens (tertiary/aromatic N) is 1. The smallest absolute Gasteiger partial charge is 0.0561 e. The van der Waals surface area contributed by atoms with Crippen LogP contribution in [0.2, 0.25) is 0 Å². The van der Waals surface area contributed by atoms with Crippen LogP contribution in [0, 0.1) is 5.92 Å². The van der Waals surface area contributed by atoms with E-state index in [1.165, 1.54) is 51.9 Å². The Morgan fingerprint density at radius 2 is 2.24 bits per heavy atom. The summed E-state index contributed by atoms with van der Waals surface area (Å²) < 4.78 is 5.63. The minimum atomic E-state index is 0.464. The highest BCUT2D eigenvalue weighted by Crippen LogP contribution is 2.25. The zero-order valence-electron chi connectivity index (χ0n) is 11.5. The van der Waals surface area contributed by atoms with Gasteiger partial charge in [-0.1, -0.05) is 6.92 Å². The average molecular weight is 240 g/mol. The third kappa shape index (κ3) is 3.94. The highest BCUT2D eigenvalue weighted by molar-refractivity contribution is 4.85. The molecule has 0 aromatic rings. The monoisotopic (exact) mass is 240 g/mol. The molecule has 0 aromatic heterocycles. The first-order valence-electron chi connectivity index (χ1n) is 7.36. The Morgan fingerprint density at radius 3 is 3.00 bits per heavy atom. The van der Waals surface area contributed by atoms with E-state index in [0.717, 1.165) is 18.6 Å². The van der Waals surface area contributed by atoms with Crippen LogP contribution in [0.15, 0.2) is 0 Å². The molecule has 0 aliphatic carbocycles. The van der Waals surface area contributed by atoms with E-state index < -0.39 is 0 Å². The van der Waals surface area contributed by atoms with Crippen LogP contribution in [0.3, 0.4) is 0 Å². The number of hydrogen-bond acceptors (Lipinski definition) is 3. The lowest BCUT2D eigenvalue weighted by atomic mass is 10.0. The van der Waals surface area contributed by atoms with Gasteiger partial charge in [0.15, 0.2) is 0 Å². The average Bonchev–Trinajstić information content (AvgIpc) is 2.78. The number of hydrogen-bond donors (Lipinski definition) is 1. The standard InChI is InChI=1S/C14H28N2O/c1-3-6-15-10-13-4-7-16(11-13)14-5-8-17-12(2)9-14/h12-15H,3-11H2,1-2H3. The minimum absolute atomic E-state index is 0.464. The molecule has 2 aliphatic heterocycles. The van der Waals surface area contributed by atoms with Crippen LogP contribution in [0.5, 0.6) is 0 Å². The van der Waals surface area contributed by atoms with Gasteiger partial charge in [-0.15, -0.1) is 0 Å². The molecule has 3 heteroatoms. The molecule has 0 amide bonds. The molecule has 0 saturated carbocycles. The Labute approximate surface area is 106 Å². The Morgan fingerprint density at radius 1 is 1.35 bits per heavy atom. The van der Waals surface area contributed by atoms with E-state index in [-0.39, 0.29) is 0 Å². The van der Waals surface area contributed by atoms with E-state index in [1.54, 1.807) is 0 Å². The van der Waals surface area contributed by atoms with Gasteiger partial charge in [0.1, 0.15) is 0 Å². The van der Waals surface area contributed by atoms with Gasteiger partial charge in [-0.25, -0.2) is 0 Å². The van der Waals surface area contributed by atoms with Crippen LogP contribution >= 0.6 is 0 Å². The van der Waals surface area contributed by atoms with Crippen molar-refractivity contribution < 1.29 is 4.74 Å². The van der Waals surface area contributed by atoms with Crippen molar-refractivity contribution in [2.75, 3.05) is 32.8 Å². The molecule has 2 aliphatic rings. The molecule has 100 valence electrons. The normalized spacial score (nSPS) is 35.3. The third-order valence-electron chi connectivity index (χ3n) is 4.15. The molecule has 3 nitrogen and oxygen atoms in total. The summed E-state index contributed by atoms with van der Waals surface area (Å²) in [7, 11) is 0. The molecule has 0 bridgehead atoms. The van der Waals surface area contributed by atoms with E-state index in [1.807, 2.05) is 0 Å². The molecule has 0 aromatic carbocycles. The summed E-state index contributed by atoms with van der Waals surface area (Å²) in [4.78, 5) is 2.71. The van der Waals surface area contributed by atoms with Gasteiger partial charge >= 0.3 is 0 Å². The Kier molecular flexibility index (Phi) is 5.26. The van der Waals surface area contributed by atoms with Crippen molar-refractivity contribution in [3.63, 3.8) is 0 Å². The molecule has 0 spiro atoms. The molecule has 3 unspecified atom stereocenters. The van der Waals surface area contributed by atoms with Crippen LogP contribution in [-0.2, 0) is 4.74 Å². The maximum absolute atomic E-state index is 5.63. The zero-order chi connectivity index (χ0) is 12.1. The summed E-state index contributed by atoms with van der Waals surface area (Å²) in [5.74, 6) is 0.875. The summed E-state index contributed by atoms with van der Waals surface area (Å²) in [5, 5.41) is 3.56. The lowest BCUT2D eigenvalue weighted by molar-refractivity contribution is -0.0129. The molecule has 2 rings (SSSR count). The van der Waals surface area contributed by atoms with Gasteiger partial charge in [-0.3, -0.25) is 4.90 Å². The van der Waals surface area contributed by atoms with Gasteiger partial charge in [-0.2, -0.15) is 0 Å². The summed E-state index contributed by atoms with van der Waals surface area (Å²) in [6, 6.07) is 0.787. The van der Waals surface area contributed by atoms with Gasteiger partial charge in [0.05, 0.1) is 6.10 Å². The molecule has 2 saturated heterocycles. The summed E-state index contributed by atoms with van der Waals surface area (Å²) in [5.41, 5.74) is 0. The first kappa shape index (κ1) is 13.3. The zero-order valence-corrected chi connectivity index (χ0v) is 11.5. The maximum atomic E-state index is 5.63. The third-order valence-corrected chi connectivity index (χ3v) is 4.15. The fourth-order valence-electron chi connectivity index (χ4n) is 3.15. The number of likely N-dealkylation sites (tertiary alicyclic amines) is 1. The van der Waals surface area contributed by atoms with Gasteiger partial charge in [0.2, 0.25) is 0 Å². The topological polar surface area (TPSA) is 24.5 Å². The maximum Gasteiger partial charge on any atom is 0.0561 e. The highest BCUT2D eigenvalue weighted by Gasteiger charge is 2.30. The second-order valence-corrected chi connectivity index (χ2v) is 5.71. The predicted molar refractivity (Wildman–Crippen MR) is 71.3 cm³/mol. The van der Waals surface area contributed by atoms with Crippen LogP contribution < -0.4 is 5.32 Å². The van der Waals surface area contributed by atoms with Crippen LogP contribution in [0.4, 0.5) is 0 Å². The number of nitrogens with one attached hydrogen (secondary N) is 1. The lowest BCUT2D eigenvalue weighted by Crippen LogP contribution is -2.40. The van der Waals surface area contributed by atoms with Crippen molar-refractivity contribution in [1.29, 1.82) is 0 Å². The van der Waals surface area contributed by atoms with E-state index in [0.29, 0.717) is 6.10 Å². The van der Waals surface area contributed by atoms with E-state index in [9.17, 15) is 0 Å². The van der Waals surface area contributed by atoms with Crippen molar-refractivity contribution in [2.24, 2.45) is 5.92 Å². The molecular formula is C14H28N2O.